The topological polar surface area (TPSA) is 111 Å². The largest absolute Gasteiger partial charge is 0.444 e. The summed E-state index contributed by atoms with van der Waals surface area (Å²) >= 11 is 0. The Morgan fingerprint density at radius 2 is 2.14 bits per heavy atom. The molecular formula is C18H23FN6O4. The molecule has 0 saturated carbocycles. The highest BCUT2D eigenvalue weighted by molar-refractivity contribution is 5.90. The van der Waals surface area contributed by atoms with Crippen LogP contribution >= 0.6 is 0 Å². The van der Waals surface area contributed by atoms with Gasteiger partial charge in [-0.1, -0.05) is 5.11 Å². The van der Waals surface area contributed by atoms with E-state index in [-0.39, 0.29) is 19.0 Å². The average Bonchev–Trinajstić information content (AvgIpc) is 3.11. The Bertz CT molecular complexity index is 808. The van der Waals surface area contributed by atoms with Crippen molar-refractivity contribution in [2.24, 2.45) is 5.11 Å². The van der Waals surface area contributed by atoms with Crippen molar-refractivity contribution < 1.29 is 23.5 Å². The monoisotopic (exact) mass is 406 g/mol. The maximum atomic E-state index is 14.8. The molecule has 2 fully saturated rings. The van der Waals surface area contributed by atoms with E-state index >= 15 is 0 Å². The SMILES string of the molecule is COCCC(=O)N1CCN(c2ccc(N3C[C@H](CN=[N+]=[N-])OC3=O)cc2F)CC1. The van der Waals surface area contributed by atoms with E-state index in [9.17, 15) is 14.0 Å². The third kappa shape index (κ3) is 4.87. The number of azide groups is 1. The Morgan fingerprint density at radius 3 is 2.79 bits per heavy atom. The van der Waals surface area contributed by atoms with Gasteiger partial charge in [-0.25, -0.2) is 9.18 Å². The zero-order chi connectivity index (χ0) is 20.8. The number of halogens is 1. The number of rotatable bonds is 7. The molecule has 1 aromatic carbocycles. The molecule has 2 saturated heterocycles. The molecule has 10 nitrogen and oxygen atoms in total. The number of amides is 2. The van der Waals surface area contributed by atoms with Crippen molar-refractivity contribution in [3.05, 3.63) is 34.5 Å². The summed E-state index contributed by atoms with van der Waals surface area (Å²) in [6.07, 6.45) is -0.810. The summed E-state index contributed by atoms with van der Waals surface area (Å²) in [5, 5.41) is 3.41. The number of piperazine rings is 1. The van der Waals surface area contributed by atoms with Crippen LogP contribution in [0.3, 0.4) is 0 Å². The molecule has 29 heavy (non-hydrogen) atoms. The molecule has 0 aromatic heterocycles. The molecule has 0 bridgehead atoms. The van der Waals surface area contributed by atoms with E-state index in [0.717, 1.165) is 0 Å². The zero-order valence-electron chi connectivity index (χ0n) is 16.2. The number of anilines is 2. The molecule has 0 aliphatic carbocycles. The number of nitrogens with zero attached hydrogens (tertiary/aromatic N) is 6. The zero-order valence-corrected chi connectivity index (χ0v) is 16.2. The number of ether oxygens (including phenoxy) is 2. The van der Waals surface area contributed by atoms with Gasteiger partial charge in [0.05, 0.1) is 37.5 Å². The van der Waals surface area contributed by atoms with Crippen molar-refractivity contribution in [3.8, 4) is 0 Å². The van der Waals surface area contributed by atoms with Gasteiger partial charge in [-0.2, -0.15) is 0 Å². The van der Waals surface area contributed by atoms with Crippen LogP contribution in [-0.4, -0.2) is 76.0 Å². The standard InChI is InChI=1S/C18H23FN6O4/c1-28-9-4-17(26)24-7-5-23(6-8-24)16-3-2-13(10-15(16)19)25-12-14(11-21-22-20)29-18(25)27/h2-3,10,14H,4-9,11-12H2,1H3/t14-/m0/s1. The van der Waals surface area contributed by atoms with Crippen molar-refractivity contribution in [1.82, 2.24) is 4.90 Å². The van der Waals surface area contributed by atoms with Crippen molar-refractivity contribution in [3.63, 3.8) is 0 Å². The summed E-state index contributed by atoms with van der Waals surface area (Å²) < 4.78 is 24.8. The van der Waals surface area contributed by atoms with Crippen LogP contribution in [0, 0.1) is 5.82 Å². The minimum absolute atomic E-state index is 0.0325. The van der Waals surface area contributed by atoms with E-state index in [2.05, 4.69) is 10.0 Å². The van der Waals surface area contributed by atoms with Gasteiger partial charge in [0.2, 0.25) is 5.91 Å². The predicted octanol–water partition coefficient (Wildman–Crippen LogP) is 2.15. The van der Waals surface area contributed by atoms with Gasteiger partial charge in [0.25, 0.3) is 0 Å². The minimum atomic E-state index is -0.599. The van der Waals surface area contributed by atoms with E-state index < -0.39 is 18.0 Å². The lowest BCUT2D eigenvalue weighted by atomic mass is 10.2. The lowest BCUT2D eigenvalue weighted by molar-refractivity contribution is -0.132. The molecule has 156 valence electrons. The van der Waals surface area contributed by atoms with Gasteiger partial charge in [0.15, 0.2) is 0 Å². The number of carbonyl (C=O) groups is 2. The average molecular weight is 406 g/mol. The Kier molecular flexibility index (Phi) is 6.73. The second kappa shape index (κ2) is 9.44. The first kappa shape index (κ1) is 20.7. The van der Waals surface area contributed by atoms with Gasteiger partial charge in [-0.15, -0.1) is 0 Å². The molecule has 1 atom stereocenters. The van der Waals surface area contributed by atoms with Gasteiger partial charge in [0, 0.05) is 38.2 Å². The van der Waals surface area contributed by atoms with Crippen molar-refractivity contribution in [2.75, 3.05) is 62.8 Å². The number of carbonyl (C=O) groups excluding carboxylic acids is 2. The van der Waals surface area contributed by atoms with Crippen molar-refractivity contribution in [2.45, 2.75) is 12.5 Å². The third-order valence-corrected chi connectivity index (χ3v) is 4.96. The molecule has 11 heteroatoms. The minimum Gasteiger partial charge on any atom is -0.444 e. The van der Waals surface area contributed by atoms with Gasteiger partial charge >= 0.3 is 6.09 Å². The van der Waals surface area contributed by atoms with Gasteiger partial charge < -0.3 is 19.3 Å². The van der Waals surface area contributed by atoms with Crippen LogP contribution in [0.25, 0.3) is 10.4 Å². The number of methoxy groups -OCH3 is 1. The highest BCUT2D eigenvalue weighted by Gasteiger charge is 2.32. The van der Waals surface area contributed by atoms with Gasteiger partial charge in [-0.3, -0.25) is 9.69 Å². The summed E-state index contributed by atoms with van der Waals surface area (Å²) in [6, 6.07) is 4.58. The second-order valence-corrected chi connectivity index (χ2v) is 6.78. The van der Waals surface area contributed by atoms with Crippen molar-refractivity contribution in [1.29, 1.82) is 0 Å². The Morgan fingerprint density at radius 1 is 1.38 bits per heavy atom. The summed E-state index contributed by atoms with van der Waals surface area (Å²) in [5.74, 6) is -0.418. The Hall–Kier alpha value is -3.04. The predicted molar refractivity (Wildman–Crippen MR) is 103 cm³/mol. The van der Waals surface area contributed by atoms with Crippen molar-refractivity contribution >= 4 is 23.4 Å². The van der Waals surface area contributed by atoms with E-state index in [1.54, 1.807) is 24.1 Å². The first-order valence-corrected chi connectivity index (χ1v) is 9.33. The number of benzene rings is 1. The molecule has 2 aliphatic rings. The maximum Gasteiger partial charge on any atom is 0.414 e. The van der Waals surface area contributed by atoms with E-state index in [4.69, 9.17) is 15.0 Å². The summed E-state index contributed by atoms with van der Waals surface area (Å²) in [4.78, 5) is 31.7. The first-order chi connectivity index (χ1) is 14.0. The second-order valence-electron chi connectivity index (χ2n) is 6.78. The summed E-state index contributed by atoms with van der Waals surface area (Å²) in [7, 11) is 1.56. The highest BCUT2D eigenvalue weighted by atomic mass is 19.1. The fraction of sp³-hybridized carbons (Fsp3) is 0.556. The lowest BCUT2D eigenvalue weighted by Crippen LogP contribution is -2.49. The summed E-state index contributed by atoms with van der Waals surface area (Å²) in [6.45, 7) is 2.69. The molecule has 0 N–H and O–H groups in total. The van der Waals surface area contributed by atoms with Crippen LogP contribution in [0.2, 0.25) is 0 Å². The van der Waals surface area contributed by atoms with Crippen LogP contribution in [-0.2, 0) is 14.3 Å². The molecule has 0 spiro atoms. The smallest absolute Gasteiger partial charge is 0.414 e. The molecule has 1 aromatic rings. The van der Waals surface area contributed by atoms with Crippen LogP contribution in [0.1, 0.15) is 6.42 Å². The maximum absolute atomic E-state index is 14.8. The van der Waals surface area contributed by atoms with Gasteiger partial charge in [-0.05, 0) is 23.7 Å². The quantitative estimate of drug-likeness (QED) is 0.391. The first-order valence-electron chi connectivity index (χ1n) is 9.33. The van der Waals surface area contributed by atoms with Crippen LogP contribution in [0.5, 0.6) is 0 Å². The number of hydrogen-bond donors (Lipinski definition) is 0. The lowest BCUT2D eigenvalue weighted by Gasteiger charge is -2.36. The molecular weight excluding hydrogens is 383 g/mol. The van der Waals surface area contributed by atoms with Crippen LogP contribution in [0.15, 0.2) is 23.3 Å². The summed E-state index contributed by atoms with van der Waals surface area (Å²) in [5.41, 5.74) is 9.18. The Balaban J connectivity index is 1.61. The molecule has 0 unspecified atom stereocenters. The molecule has 0 radical (unpaired) electrons. The van der Waals surface area contributed by atoms with Crippen LogP contribution in [0.4, 0.5) is 20.6 Å². The Labute approximate surface area is 167 Å². The fourth-order valence-electron chi connectivity index (χ4n) is 3.42. The molecule has 3 rings (SSSR count). The molecule has 2 heterocycles. The normalized spacial score (nSPS) is 19.2. The van der Waals surface area contributed by atoms with E-state index in [1.807, 2.05) is 4.90 Å². The molecule has 2 aliphatic heterocycles. The highest BCUT2D eigenvalue weighted by Crippen LogP contribution is 2.28. The number of hydrogen-bond acceptors (Lipinski definition) is 6. The number of cyclic esters (lactones) is 1. The fourth-order valence-corrected chi connectivity index (χ4v) is 3.42. The van der Waals surface area contributed by atoms with Crippen LogP contribution < -0.4 is 9.80 Å². The van der Waals surface area contributed by atoms with E-state index in [1.165, 1.54) is 11.0 Å². The third-order valence-electron chi connectivity index (χ3n) is 4.96. The van der Waals surface area contributed by atoms with E-state index in [0.29, 0.717) is 50.6 Å². The molecule has 2 amide bonds. The van der Waals surface area contributed by atoms with Gasteiger partial charge in [0.1, 0.15) is 11.9 Å².